The molecule has 0 aliphatic carbocycles. The van der Waals surface area contributed by atoms with Crippen molar-refractivity contribution in [2.45, 2.75) is 26.7 Å². The number of carboxylic acids is 1. The number of aromatic nitrogens is 1. The number of aromatic carboxylic acids is 1. The first-order valence-electron chi connectivity index (χ1n) is 6.10. The van der Waals surface area contributed by atoms with E-state index in [1.165, 1.54) is 0 Å². The van der Waals surface area contributed by atoms with Gasteiger partial charge in [-0.05, 0) is 25.0 Å². The molecule has 1 N–H and O–H groups in total. The highest BCUT2D eigenvalue weighted by Crippen LogP contribution is 2.20. The Kier molecular flexibility index (Phi) is 4.89. The van der Waals surface area contributed by atoms with Crippen molar-refractivity contribution in [3.63, 3.8) is 0 Å². The van der Waals surface area contributed by atoms with Crippen molar-refractivity contribution in [1.82, 2.24) is 4.98 Å². The molecule has 1 aromatic heterocycles. The fourth-order valence-electron chi connectivity index (χ4n) is 1.66. The summed E-state index contributed by atoms with van der Waals surface area (Å²) in [4.78, 5) is 17.6. The molecule has 0 bridgehead atoms. The Morgan fingerprint density at radius 2 is 2.22 bits per heavy atom. The summed E-state index contributed by atoms with van der Waals surface area (Å²) in [5.74, 6) is -0.0262. The third kappa shape index (κ3) is 3.32. The first kappa shape index (κ1) is 14.2. The fourth-order valence-corrected chi connectivity index (χ4v) is 1.66. The van der Waals surface area contributed by atoms with Crippen LogP contribution in [0.1, 0.15) is 42.7 Å². The van der Waals surface area contributed by atoms with Gasteiger partial charge in [-0.25, -0.2) is 9.78 Å². The molecule has 4 heteroatoms. The van der Waals surface area contributed by atoms with E-state index in [-0.39, 0.29) is 11.5 Å². The molecule has 0 saturated carbocycles. The number of carboxylic acid groups (broad SMARTS) is 1. The number of nitrogens with zero attached hydrogens (tertiary/aromatic N) is 2. The highest BCUT2D eigenvalue weighted by atomic mass is 16.4. The van der Waals surface area contributed by atoms with Crippen LogP contribution in [0.5, 0.6) is 0 Å². The maximum Gasteiger partial charge on any atom is 0.335 e. The molecular weight excluding hydrogens is 228 g/mol. The molecule has 0 radical (unpaired) electrons. The Hall–Kier alpha value is -1.84. The largest absolute Gasteiger partial charge is 0.478 e. The Morgan fingerprint density at radius 3 is 2.67 bits per heavy atom. The van der Waals surface area contributed by atoms with Gasteiger partial charge >= 0.3 is 5.97 Å². The van der Waals surface area contributed by atoms with E-state index < -0.39 is 5.97 Å². The summed E-state index contributed by atoms with van der Waals surface area (Å²) >= 11 is 0. The molecule has 0 fully saturated rings. The van der Waals surface area contributed by atoms with E-state index in [1.54, 1.807) is 18.2 Å². The van der Waals surface area contributed by atoms with Crippen molar-refractivity contribution in [1.29, 1.82) is 0 Å². The second-order valence-corrected chi connectivity index (χ2v) is 4.43. The van der Waals surface area contributed by atoms with E-state index in [0.29, 0.717) is 12.4 Å². The monoisotopic (exact) mass is 248 g/mol. The summed E-state index contributed by atoms with van der Waals surface area (Å²) in [6.07, 6.45) is 1.79. The van der Waals surface area contributed by atoms with Crippen LogP contribution in [0.4, 0.5) is 5.82 Å². The summed E-state index contributed by atoms with van der Waals surface area (Å²) in [5, 5.41) is 9.13. The normalized spacial score (nSPS) is 10.4. The zero-order chi connectivity index (χ0) is 13.7. The van der Waals surface area contributed by atoms with Crippen molar-refractivity contribution in [2.24, 2.45) is 0 Å². The van der Waals surface area contributed by atoms with Gasteiger partial charge in [0.15, 0.2) is 0 Å². The number of carbonyl (C=O) groups is 1. The van der Waals surface area contributed by atoms with Gasteiger partial charge in [-0.2, -0.15) is 0 Å². The number of rotatable bonds is 6. The average Bonchev–Trinajstić information content (AvgIpc) is 2.35. The van der Waals surface area contributed by atoms with Crippen molar-refractivity contribution >= 4 is 11.8 Å². The number of hydrogen-bond donors (Lipinski definition) is 1. The smallest absolute Gasteiger partial charge is 0.335 e. The number of anilines is 1. The molecule has 1 rings (SSSR count). The van der Waals surface area contributed by atoms with Gasteiger partial charge in [0.05, 0.1) is 5.56 Å². The van der Waals surface area contributed by atoms with Crippen LogP contribution in [-0.2, 0) is 0 Å². The summed E-state index contributed by atoms with van der Waals surface area (Å²) in [6.45, 7) is 11.1. The Labute approximate surface area is 108 Å². The first-order valence-corrected chi connectivity index (χ1v) is 6.10. The standard InChI is InChI=1S/C14H20N2O2/c1-5-7-16(6-2)13-9-11(14(17)18)8-12(15-13)10(3)4/h5,8-10H,1,6-7H2,2-4H3,(H,17,18). The van der Waals surface area contributed by atoms with Crippen LogP contribution in [0, 0.1) is 0 Å². The Bertz CT molecular complexity index is 441. The van der Waals surface area contributed by atoms with E-state index in [9.17, 15) is 4.79 Å². The predicted octanol–water partition coefficient (Wildman–Crippen LogP) is 2.92. The van der Waals surface area contributed by atoms with Gasteiger partial charge in [-0.15, -0.1) is 6.58 Å². The number of likely N-dealkylation sites (N-methyl/N-ethyl adjacent to an activating group) is 1. The van der Waals surface area contributed by atoms with Crippen LogP contribution in [-0.4, -0.2) is 29.1 Å². The van der Waals surface area contributed by atoms with Gasteiger partial charge in [0.1, 0.15) is 5.82 Å². The van der Waals surface area contributed by atoms with E-state index in [1.807, 2.05) is 25.7 Å². The van der Waals surface area contributed by atoms with Gasteiger partial charge < -0.3 is 10.0 Å². The van der Waals surface area contributed by atoms with Crippen molar-refractivity contribution < 1.29 is 9.90 Å². The van der Waals surface area contributed by atoms with Crippen LogP contribution >= 0.6 is 0 Å². The predicted molar refractivity (Wildman–Crippen MR) is 73.4 cm³/mol. The molecule has 0 amide bonds. The van der Waals surface area contributed by atoms with E-state index >= 15 is 0 Å². The third-order valence-electron chi connectivity index (χ3n) is 2.73. The maximum atomic E-state index is 11.1. The van der Waals surface area contributed by atoms with E-state index in [0.717, 1.165) is 12.2 Å². The molecule has 98 valence electrons. The van der Waals surface area contributed by atoms with E-state index in [2.05, 4.69) is 11.6 Å². The minimum absolute atomic E-state index is 0.200. The summed E-state index contributed by atoms with van der Waals surface area (Å²) in [6, 6.07) is 3.25. The molecule has 1 aromatic rings. The van der Waals surface area contributed by atoms with Gasteiger partial charge in [0, 0.05) is 18.8 Å². The summed E-state index contributed by atoms with van der Waals surface area (Å²) < 4.78 is 0. The zero-order valence-electron chi connectivity index (χ0n) is 11.2. The fraction of sp³-hybridized carbons (Fsp3) is 0.429. The zero-order valence-corrected chi connectivity index (χ0v) is 11.2. The van der Waals surface area contributed by atoms with Crippen LogP contribution in [0.15, 0.2) is 24.8 Å². The lowest BCUT2D eigenvalue weighted by Crippen LogP contribution is -2.24. The third-order valence-corrected chi connectivity index (χ3v) is 2.73. The molecule has 18 heavy (non-hydrogen) atoms. The maximum absolute atomic E-state index is 11.1. The number of hydrogen-bond acceptors (Lipinski definition) is 3. The highest BCUT2D eigenvalue weighted by Gasteiger charge is 2.13. The molecule has 4 nitrogen and oxygen atoms in total. The molecule has 0 atom stereocenters. The average molecular weight is 248 g/mol. The summed E-state index contributed by atoms with van der Waals surface area (Å²) in [5.41, 5.74) is 1.08. The quantitative estimate of drug-likeness (QED) is 0.786. The van der Waals surface area contributed by atoms with Crippen LogP contribution in [0.3, 0.4) is 0 Å². The van der Waals surface area contributed by atoms with Gasteiger partial charge in [-0.3, -0.25) is 0 Å². The highest BCUT2D eigenvalue weighted by molar-refractivity contribution is 5.88. The second-order valence-electron chi connectivity index (χ2n) is 4.43. The SMILES string of the molecule is C=CCN(CC)c1cc(C(=O)O)cc(C(C)C)n1. The minimum Gasteiger partial charge on any atom is -0.478 e. The van der Waals surface area contributed by atoms with Gasteiger partial charge in [0.2, 0.25) is 0 Å². The second kappa shape index (κ2) is 6.19. The lowest BCUT2D eigenvalue weighted by molar-refractivity contribution is 0.0696. The molecule has 0 aliphatic rings. The lowest BCUT2D eigenvalue weighted by atomic mass is 10.1. The molecule has 0 saturated heterocycles. The molecule has 0 unspecified atom stereocenters. The van der Waals surface area contributed by atoms with E-state index in [4.69, 9.17) is 5.11 Å². The minimum atomic E-state index is -0.921. The van der Waals surface area contributed by atoms with Crippen molar-refractivity contribution in [3.05, 3.63) is 36.0 Å². The Morgan fingerprint density at radius 1 is 1.56 bits per heavy atom. The van der Waals surface area contributed by atoms with Crippen molar-refractivity contribution in [2.75, 3.05) is 18.0 Å². The molecular formula is C14H20N2O2. The van der Waals surface area contributed by atoms with Gasteiger partial charge in [-0.1, -0.05) is 19.9 Å². The van der Waals surface area contributed by atoms with Crippen molar-refractivity contribution in [3.8, 4) is 0 Å². The molecule has 0 aromatic carbocycles. The lowest BCUT2D eigenvalue weighted by Gasteiger charge is -2.21. The molecule has 0 aliphatic heterocycles. The molecule has 1 heterocycles. The van der Waals surface area contributed by atoms with Crippen LogP contribution in [0.2, 0.25) is 0 Å². The summed E-state index contributed by atoms with van der Waals surface area (Å²) in [7, 11) is 0. The first-order chi connectivity index (χ1) is 8.49. The van der Waals surface area contributed by atoms with Crippen LogP contribution < -0.4 is 4.90 Å². The number of pyridine rings is 1. The van der Waals surface area contributed by atoms with Crippen LogP contribution in [0.25, 0.3) is 0 Å². The topological polar surface area (TPSA) is 53.4 Å². The molecule has 0 spiro atoms. The Balaban J connectivity index is 3.24. The van der Waals surface area contributed by atoms with Gasteiger partial charge in [0.25, 0.3) is 0 Å².